The quantitative estimate of drug-likeness (QED) is 0.804. The summed E-state index contributed by atoms with van der Waals surface area (Å²) >= 11 is 3.36. The molecule has 130 valence electrons. The van der Waals surface area contributed by atoms with Gasteiger partial charge in [-0.15, -0.1) is 12.4 Å². The van der Waals surface area contributed by atoms with Crippen LogP contribution < -0.4 is 10.6 Å². The SMILES string of the molecule is Cl.O=C(NCC1CCCNC1)c1nn(-c2ccc(F)cc2)cc1Br. The molecule has 2 aromatic rings. The van der Waals surface area contributed by atoms with E-state index in [1.165, 1.54) is 12.1 Å². The number of carbonyl (C=O) groups is 1. The molecule has 1 aromatic carbocycles. The van der Waals surface area contributed by atoms with E-state index in [1.54, 1.807) is 23.0 Å². The van der Waals surface area contributed by atoms with Crippen molar-refractivity contribution < 1.29 is 9.18 Å². The van der Waals surface area contributed by atoms with Crippen LogP contribution in [0.3, 0.4) is 0 Å². The van der Waals surface area contributed by atoms with Crippen LogP contribution >= 0.6 is 28.3 Å². The zero-order valence-corrected chi connectivity index (χ0v) is 15.4. The fourth-order valence-corrected chi connectivity index (χ4v) is 3.11. The van der Waals surface area contributed by atoms with Crippen molar-refractivity contribution in [1.82, 2.24) is 20.4 Å². The number of amides is 1. The molecule has 5 nitrogen and oxygen atoms in total. The molecule has 0 bridgehead atoms. The fourth-order valence-electron chi connectivity index (χ4n) is 2.65. The van der Waals surface area contributed by atoms with Crippen molar-refractivity contribution in [1.29, 1.82) is 0 Å². The minimum absolute atomic E-state index is 0. The number of hydrogen-bond donors (Lipinski definition) is 2. The summed E-state index contributed by atoms with van der Waals surface area (Å²) in [6.45, 7) is 2.63. The van der Waals surface area contributed by atoms with Crippen molar-refractivity contribution >= 4 is 34.2 Å². The molecule has 1 amide bonds. The molecule has 3 rings (SSSR count). The third-order valence-electron chi connectivity index (χ3n) is 3.93. The highest BCUT2D eigenvalue weighted by molar-refractivity contribution is 9.10. The van der Waals surface area contributed by atoms with Crippen LogP contribution in [0.25, 0.3) is 5.69 Å². The monoisotopic (exact) mass is 416 g/mol. The van der Waals surface area contributed by atoms with Crippen LogP contribution in [0, 0.1) is 11.7 Å². The number of piperidine rings is 1. The second kappa shape index (κ2) is 8.60. The van der Waals surface area contributed by atoms with Crippen LogP contribution in [0.5, 0.6) is 0 Å². The van der Waals surface area contributed by atoms with E-state index in [0.717, 1.165) is 25.9 Å². The van der Waals surface area contributed by atoms with Gasteiger partial charge >= 0.3 is 0 Å². The van der Waals surface area contributed by atoms with Crippen LogP contribution in [0.1, 0.15) is 23.3 Å². The maximum absolute atomic E-state index is 13.0. The van der Waals surface area contributed by atoms with Crippen LogP contribution in [0.4, 0.5) is 4.39 Å². The Bertz CT molecular complexity index is 686. The molecule has 8 heteroatoms. The highest BCUT2D eigenvalue weighted by atomic mass is 79.9. The molecule has 1 aliphatic heterocycles. The number of benzene rings is 1. The van der Waals surface area contributed by atoms with Crippen molar-refractivity contribution in [2.24, 2.45) is 5.92 Å². The largest absolute Gasteiger partial charge is 0.350 e. The van der Waals surface area contributed by atoms with E-state index in [4.69, 9.17) is 0 Å². The lowest BCUT2D eigenvalue weighted by atomic mass is 10.00. The highest BCUT2D eigenvalue weighted by Gasteiger charge is 2.18. The number of hydrogen-bond acceptors (Lipinski definition) is 3. The van der Waals surface area contributed by atoms with Crippen molar-refractivity contribution in [3.05, 3.63) is 46.4 Å². The van der Waals surface area contributed by atoms with Gasteiger partial charge in [0.05, 0.1) is 10.2 Å². The maximum atomic E-state index is 13.0. The Kier molecular flexibility index (Phi) is 6.77. The van der Waals surface area contributed by atoms with Crippen molar-refractivity contribution in [3.8, 4) is 5.69 Å². The van der Waals surface area contributed by atoms with Crippen LogP contribution in [0.2, 0.25) is 0 Å². The summed E-state index contributed by atoms with van der Waals surface area (Å²) in [7, 11) is 0. The highest BCUT2D eigenvalue weighted by Crippen LogP contribution is 2.18. The molecule has 1 aliphatic rings. The van der Waals surface area contributed by atoms with Gasteiger partial charge in [-0.05, 0) is 72.0 Å². The number of nitrogens with zero attached hydrogens (tertiary/aromatic N) is 2. The zero-order valence-electron chi connectivity index (χ0n) is 13.0. The predicted octanol–water partition coefficient (Wildman–Crippen LogP) is 2.93. The molecular weight excluding hydrogens is 399 g/mol. The Balaban J connectivity index is 0.00000208. The summed E-state index contributed by atoms with van der Waals surface area (Å²) < 4.78 is 15.2. The molecule has 0 spiro atoms. The molecular formula is C16H19BrClFN4O. The van der Waals surface area contributed by atoms with Gasteiger partial charge in [0.25, 0.3) is 5.91 Å². The van der Waals surface area contributed by atoms with E-state index >= 15 is 0 Å². The van der Waals surface area contributed by atoms with Crippen molar-refractivity contribution in [3.63, 3.8) is 0 Å². The van der Waals surface area contributed by atoms with E-state index in [0.29, 0.717) is 28.3 Å². The van der Waals surface area contributed by atoms with E-state index in [1.807, 2.05) is 0 Å². The third-order valence-corrected chi connectivity index (χ3v) is 4.51. The Labute approximate surface area is 154 Å². The minimum Gasteiger partial charge on any atom is -0.350 e. The minimum atomic E-state index is -0.306. The molecule has 24 heavy (non-hydrogen) atoms. The zero-order chi connectivity index (χ0) is 16.2. The molecule has 1 atom stereocenters. The molecule has 2 N–H and O–H groups in total. The normalized spacial score (nSPS) is 17.2. The summed E-state index contributed by atoms with van der Waals surface area (Å²) in [6.07, 6.45) is 3.96. The van der Waals surface area contributed by atoms with Gasteiger partial charge in [0.1, 0.15) is 5.82 Å². The first-order valence-corrected chi connectivity index (χ1v) is 8.43. The average Bonchev–Trinajstić information content (AvgIpc) is 2.96. The van der Waals surface area contributed by atoms with E-state index in [9.17, 15) is 9.18 Å². The lowest BCUT2D eigenvalue weighted by molar-refractivity contribution is 0.0938. The van der Waals surface area contributed by atoms with Gasteiger partial charge in [0, 0.05) is 12.7 Å². The summed E-state index contributed by atoms with van der Waals surface area (Å²) in [5, 5.41) is 10.6. The second-order valence-corrected chi connectivity index (χ2v) is 6.52. The summed E-state index contributed by atoms with van der Waals surface area (Å²) in [4.78, 5) is 12.3. The number of halogens is 3. The van der Waals surface area contributed by atoms with E-state index < -0.39 is 0 Å². The Hall–Kier alpha value is -1.44. The number of carbonyl (C=O) groups excluding carboxylic acids is 1. The van der Waals surface area contributed by atoms with E-state index in [-0.39, 0.29) is 24.1 Å². The number of nitrogens with one attached hydrogen (secondary N) is 2. The topological polar surface area (TPSA) is 59.0 Å². The molecule has 1 saturated heterocycles. The van der Waals surface area contributed by atoms with Crippen LogP contribution in [-0.4, -0.2) is 35.3 Å². The Morgan fingerprint density at radius 3 is 2.83 bits per heavy atom. The van der Waals surface area contributed by atoms with Gasteiger partial charge < -0.3 is 10.6 Å². The van der Waals surface area contributed by atoms with Crippen LogP contribution in [0.15, 0.2) is 34.9 Å². The summed E-state index contributed by atoms with van der Waals surface area (Å²) in [5.41, 5.74) is 1.03. The molecule has 0 radical (unpaired) electrons. The van der Waals surface area contributed by atoms with E-state index in [2.05, 4.69) is 31.7 Å². The Morgan fingerprint density at radius 1 is 1.42 bits per heavy atom. The summed E-state index contributed by atoms with van der Waals surface area (Å²) in [5.74, 6) is -0.0481. The summed E-state index contributed by atoms with van der Waals surface area (Å²) in [6, 6.07) is 5.95. The molecule has 0 saturated carbocycles. The maximum Gasteiger partial charge on any atom is 0.272 e. The lowest BCUT2D eigenvalue weighted by Crippen LogP contribution is -2.38. The van der Waals surface area contributed by atoms with Gasteiger partial charge in [-0.3, -0.25) is 4.79 Å². The van der Waals surface area contributed by atoms with Crippen molar-refractivity contribution in [2.45, 2.75) is 12.8 Å². The molecule has 1 aromatic heterocycles. The predicted molar refractivity (Wildman–Crippen MR) is 96.4 cm³/mol. The molecule has 2 heterocycles. The third kappa shape index (κ3) is 4.55. The first-order valence-electron chi connectivity index (χ1n) is 7.63. The van der Waals surface area contributed by atoms with Crippen molar-refractivity contribution in [2.75, 3.05) is 19.6 Å². The lowest BCUT2D eigenvalue weighted by Gasteiger charge is -2.22. The molecule has 0 aliphatic carbocycles. The van der Waals surface area contributed by atoms with Gasteiger partial charge in [-0.2, -0.15) is 5.10 Å². The smallest absolute Gasteiger partial charge is 0.272 e. The first-order chi connectivity index (χ1) is 11.1. The fraction of sp³-hybridized carbons (Fsp3) is 0.375. The van der Waals surface area contributed by atoms with Crippen LogP contribution in [-0.2, 0) is 0 Å². The second-order valence-electron chi connectivity index (χ2n) is 5.67. The molecule has 1 fully saturated rings. The first kappa shape index (κ1) is 18.9. The number of rotatable bonds is 4. The number of aromatic nitrogens is 2. The van der Waals surface area contributed by atoms with Gasteiger partial charge in [0.2, 0.25) is 0 Å². The Morgan fingerprint density at radius 2 is 2.17 bits per heavy atom. The van der Waals surface area contributed by atoms with Gasteiger partial charge in [-0.1, -0.05) is 0 Å². The molecule has 1 unspecified atom stereocenters. The standard InChI is InChI=1S/C16H18BrFN4O.ClH/c17-14-10-22(13-5-3-12(18)4-6-13)21-15(14)16(23)20-9-11-2-1-7-19-8-11;/h3-6,10-11,19H,1-2,7-9H2,(H,20,23);1H. The van der Waals surface area contributed by atoms with Gasteiger partial charge in [-0.25, -0.2) is 9.07 Å². The van der Waals surface area contributed by atoms with Gasteiger partial charge in [0.15, 0.2) is 5.69 Å². The average molecular weight is 418 g/mol.